The molecule has 3 N–H and O–H groups in total. The van der Waals surface area contributed by atoms with Crippen LogP contribution in [-0.4, -0.2) is 57.8 Å². The predicted molar refractivity (Wildman–Crippen MR) is 149 cm³/mol. The molecule has 10 nitrogen and oxygen atoms in total. The van der Waals surface area contributed by atoms with Crippen LogP contribution in [0.3, 0.4) is 0 Å². The van der Waals surface area contributed by atoms with E-state index in [-0.39, 0.29) is 4.90 Å². The minimum atomic E-state index is -3.59. The van der Waals surface area contributed by atoms with Crippen molar-refractivity contribution in [1.82, 2.24) is 14.7 Å². The zero-order valence-corrected chi connectivity index (χ0v) is 23.2. The molecule has 12 heteroatoms. The first kappa shape index (κ1) is 27.1. The number of sulfonamides is 1. The molecule has 0 atom stereocenters. The van der Waals surface area contributed by atoms with Gasteiger partial charge in [0.05, 0.1) is 34.9 Å². The van der Waals surface area contributed by atoms with E-state index in [1.54, 1.807) is 30.5 Å². The first-order valence-electron chi connectivity index (χ1n) is 12.2. The van der Waals surface area contributed by atoms with Crippen molar-refractivity contribution >= 4 is 54.8 Å². The molecule has 4 rings (SSSR count). The minimum Gasteiger partial charge on any atom is -0.492 e. The van der Waals surface area contributed by atoms with E-state index in [1.165, 1.54) is 0 Å². The zero-order chi connectivity index (χ0) is 26.3. The fourth-order valence-corrected chi connectivity index (χ4v) is 5.21. The maximum atomic E-state index is 12.5. The molecule has 0 spiro atoms. The summed E-state index contributed by atoms with van der Waals surface area (Å²) >= 11 is 3.47. The van der Waals surface area contributed by atoms with Crippen molar-refractivity contribution in [2.24, 2.45) is 0 Å². The van der Waals surface area contributed by atoms with Crippen LogP contribution in [0.1, 0.15) is 20.3 Å². The SMILES string of the molecule is CCCNS(=O)(=O)c1cccc(Nc2nc(Nc3ccc(N4CCOCC4)cc3OCC)ncc2Br)c1. The Bertz CT molecular complexity index is 1320. The third-order valence-electron chi connectivity index (χ3n) is 5.58. The van der Waals surface area contributed by atoms with Crippen molar-refractivity contribution < 1.29 is 17.9 Å². The second-order valence-corrected chi connectivity index (χ2v) is 10.9. The molecule has 0 aliphatic carbocycles. The predicted octanol–water partition coefficient (Wildman–Crippen LogP) is 4.65. The Kier molecular flexibility index (Phi) is 9.19. The van der Waals surface area contributed by atoms with Crippen LogP contribution in [-0.2, 0) is 14.8 Å². The number of ether oxygens (including phenoxy) is 2. The third kappa shape index (κ3) is 7.10. The third-order valence-corrected chi connectivity index (χ3v) is 7.62. The smallest absolute Gasteiger partial charge is 0.240 e. The van der Waals surface area contributed by atoms with Crippen LogP contribution in [0.4, 0.5) is 28.8 Å². The van der Waals surface area contributed by atoms with Gasteiger partial charge in [-0.15, -0.1) is 0 Å². The highest BCUT2D eigenvalue weighted by Crippen LogP contribution is 2.33. The van der Waals surface area contributed by atoms with Gasteiger partial charge in [0.15, 0.2) is 0 Å². The quantitative estimate of drug-likeness (QED) is 0.293. The topological polar surface area (TPSA) is 118 Å². The molecule has 0 bridgehead atoms. The van der Waals surface area contributed by atoms with Crippen molar-refractivity contribution in [3.05, 3.63) is 53.1 Å². The Morgan fingerprint density at radius 1 is 1.11 bits per heavy atom. The molecule has 1 aromatic heterocycles. The van der Waals surface area contributed by atoms with Crippen LogP contribution >= 0.6 is 15.9 Å². The van der Waals surface area contributed by atoms with E-state index in [2.05, 4.69) is 46.2 Å². The lowest BCUT2D eigenvalue weighted by Crippen LogP contribution is -2.36. The van der Waals surface area contributed by atoms with E-state index in [1.807, 2.05) is 32.0 Å². The van der Waals surface area contributed by atoms with Crippen LogP contribution < -0.4 is 25.0 Å². The molecule has 0 amide bonds. The van der Waals surface area contributed by atoms with Crippen molar-refractivity contribution in [3.8, 4) is 5.75 Å². The fraction of sp³-hybridized carbons (Fsp3) is 0.360. The average molecular weight is 592 g/mol. The van der Waals surface area contributed by atoms with Crippen molar-refractivity contribution in [3.63, 3.8) is 0 Å². The first-order valence-corrected chi connectivity index (χ1v) is 14.4. The summed E-state index contributed by atoms with van der Waals surface area (Å²) in [6.07, 6.45) is 2.34. The lowest BCUT2D eigenvalue weighted by molar-refractivity contribution is 0.122. The highest BCUT2D eigenvalue weighted by molar-refractivity contribution is 9.10. The van der Waals surface area contributed by atoms with Gasteiger partial charge in [-0.25, -0.2) is 18.1 Å². The van der Waals surface area contributed by atoms with Gasteiger partial charge in [-0.2, -0.15) is 4.98 Å². The molecule has 2 aromatic carbocycles. The standard InChI is InChI=1S/C25H31BrN6O4S/c1-3-10-28-37(33,34)20-7-5-6-18(15-20)29-24-21(26)17-27-25(31-24)30-22-9-8-19(16-23(22)36-4-2)32-11-13-35-14-12-32/h5-9,15-17,28H,3-4,10-14H2,1-2H3,(H2,27,29,30,31). The number of aromatic nitrogens is 2. The summed E-state index contributed by atoms with van der Waals surface area (Å²) in [4.78, 5) is 11.4. The summed E-state index contributed by atoms with van der Waals surface area (Å²) in [6.45, 7) is 7.82. The monoisotopic (exact) mass is 590 g/mol. The molecule has 1 saturated heterocycles. The number of hydrogen-bond donors (Lipinski definition) is 3. The number of morpholine rings is 1. The largest absolute Gasteiger partial charge is 0.492 e. The van der Waals surface area contributed by atoms with Crippen molar-refractivity contribution in [2.45, 2.75) is 25.2 Å². The molecule has 0 saturated carbocycles. The normalized spacial score (nSPS) is 13.9. The van der Waals surface area contributed by atoms with E-state index in [9.17, 15) is 8.42 Å². The zero-order valence-electron chi connectivity index (χ0n) is 20.8. The lowest BCUT2D eigenvalue weighted by Gasteiger charge is -2.29. The van der Waals surface area contributed by atoms with Gasteiger partial charge in [-0.1, -0.05) is 13.0 Å². The van der Waals surface area contributed by atoms with E-state index < -0.39 is 10.0 Å². The summed E-state index contributed by atoms with van der Waals surface area (Å²) < 4.78 is 39.6. The number of benzene rings is 2. The summed E-state index contributed by atoms with van der Waals surface area (Å²) in [7, 11) is -3.59. The second-order valence-electron chi connectivity index (χ2n) is 8.28. The second kappa shape index (κ2) is 12.5. The number of anilines is 5. The molecule has 1 aliphatic heterocycles. The molecule has 0 unspecified atom stereocenters. The Morgan fingerprint density at radius 3 is 2.68 bits per heavy atom. The molecule has 0 radical (unpaired) electrons. The van der Waals surface area contributed by atoms with Gasteiger partial charge in [0.25, 0.3) is 0 Å². The molecule has 1 fully saturated rings. The Hall–Kier alpha value is -2.93. The van der Waals surface area contributed by atoms with Gasteiger partial charge >= 0.3 is 0 Å². The van der Waals surface area contributed by atoms with Gasteiger partial charge in [0.2, 0.25) is 16.0 Å². The fourth-order valence-electron chi connectivity index (χ4n) is 3.74. The highest BCUT2D eigenvalue weighted by atomic mass is 79.9. The van der Waals surface area contributed by atoms with E-state index in [0.29, 0.717) is 60.5 Å². The van der Waals surface area contributed by atoms with E-state index in [0.717, 1.165) is 24.5 Å². The Labute approximate surface area is 226 Å². The van der Waals surface area contributed by atoms with Gasteiger partial charge in [0, 0.05) is 43.3 Å². The highest BCUT2D eigenvalue weighted by Gasteiger charge is 2.16. The van der Waals surface area contributed by atoms with Crippen LogP contribution in [0.5, 0.6) is 5.75 Å². The maximum absolute atomic E-state index is 12.5. The summed E-state index contributed by atoms with van der Waals surface area (Å²) in [6, 6.07) is 12.6. The molecule has 37 heavy (non-hydrogen) atoms. The number of rotatable bonds is 11. The first-order chi connectivity index (χ1) is 17.9. The van der Waals surface area contributed by atoms with Crippen molar-refractivity contribution in [1.29, 1.82) is 0 Å². The number of nitrogens with zero attached hydrogens (tertiary/aromatic N) is 3. The van der Waals surface area contributed by atoms with Crippen LogP contribution in [0.25, 0.3) is 0 Å². The van der Waals surface area contributed by atoms with Gasteiger partial charge in [-0.3, -0.25) is 0 Å². The Balaban J connectivity index is 1.54. The average Bonchev–Trinajstić information content (AvgIpc) is 2.91. The summed E-state index contributed by atoms with van der Waals surface area (Å²) in [5, 5.41) is 6.42. The van der Waals surface area contributed by atoms with E-state index >= 15 is 0 Å². The minimum absolute atomic E-state index is 0.177. The van der Waals surface area contributed by atoms with E-state index in [4.69, 9.17) is 9.47 Å². The summed E-state index contributed by atoms with van der Waals surface area (Å²) in [5.41, 5.74) is 2.39. The van der Waals surface area contributed by atoms with Crippen molar-refractivity contribution in [2.75, 3.05) is 55.0 Å². The number of nitrogens with one attached hydrogen (secondary N) is 3. The molecule has 1 aliphatic rings. The van der Waals surface area contributed by atoms with Gasteiger partial charge < -0.3 is 25.0 Å². The van der Waals surface area contributed by atoms with Crippen LogP contribution in [0.2, 0.25) is 0 Å². The molecule has 3 aromatic rings. The van der Waals surface area contributed by atoms with Crippen LogP contribution in [0.15, 0.2) is 58.0 Å². The van der Waals surface area contributed by atoms with Gasteiger partial charge in [-0.05, 0) is 59.6 Å². The maximum Gasteiger partial charge on any atom is 0.240 e. The molecular formula is C25H31BrN6O4S. The summed E-state index contributed by atoms with van der Waals surface area (Å²) in [5.74, 6) is 1.54. The molecule has 198 valence electrons. The van der Waals surface area contributed by atoms with Gasteiger partial charge in [0.1, 0.15) is 11.6 Å². The molecular weight excluding hydrogens is 560 g/mol. The Morgan fingerprint density at radius 2 is 1.92 bits per heavy atom. The number of halogens is 1. The number of hydrogen-bond acceptors (Lipinski definition) is 9. The molecule has 2 heterocycles. The van der Waals surface area contributed by atoms with Crippen LogP contribution in [0, 0.1) is 0 Å². The lowest BCUT2D eigenvalue weighted by atomic mass is 10.2.